The standard InChI is InChI=1S/C13H19NO3S/c1-9-5-4-6-12-13(9)14(3)10(2)11(7-8-15)18(12,16)17/h4-6,10-11,15H,7-8H2,1-3H3. The summed E-state index contributed by atoms with van der Waals surface area (Å²) in [6.07, 6.45) is 0.279. The van der Waals surface area contributed by atoms with Crippen LogP contribution in [0.1, 0.15) is 18.9 Å². The molecule has 0 saturated carbocycles. The van der Waals surface area contributed by atoms with E-state index < -0.39 is 15.1 Å². The van der Waals surface area contributed by atoms with E-state index in [1.54, 1.807) is 12.1 Å². The van der Waals surface area contributed by atoms with E-state index >= 15 is 0 Å². The van der Waals surface area contributed by atoms with Gasteiger partial charge < -0.3 is 10.0 Å². The minimum Gasteiger partial charge on any atom is -0.396 e. The summed E-state index contributed by atoms with van der Waals surface area (Å²) < 4.78 is 25.1. The molecule has 4 nitrogen and oxygen atoms in total. The minimum absolute atomic E-state index is 0.108. The third kappa shape index (κ3) is 1.82. The van der Waals surface area contributed by atoms with Gasteiger partial charge in [0, 0.05) is 19.7 Å². The summed E-state index contributed by atoms with van der Waals surface area (Å²) in [4.78, 5) is 2.40. The fraction of sp³-hybridized carbons (Fsp3) is 0.538. The third-order valence-electron chi connectivity index (χ3n) is 3.82. The van der Waals surface area contributed by atoms with Gasteiger partial charge in [-0.1, -0.05) is 12.1 Å². The number of nitrogens with zero attached hydrogens (tertiary/aromatic N) is 1. The maximum Gasteiger partial charge on any atom is 0.185 e. The maximum absolute atomic E-state index is 12.6. The Morgan fingerprint density at radius 1 is 1.39 bits per heavy atom. The first kappa shape index (κ1) is 13.4. The summed E-state index contributed by atoms with van der Waals surface area (Å²) in [6.45, 7) is 3.71. The topological polar surface area (TPSA) is 57.6 Å². The van der Waals surface area contributed by atoms with Gasteiger partial charge in [-0.05, 0) is 31.9 Å². The van der Waals surface area contributed by atoms with Crippen LogP contribution in [-0.2, 0) is 9.84 Å². The molecule has 1 aromatic carbocycles. The molecule has 1 aliphatic heterocycles. The van der Waals surface area contributed by atoms with Crippen LogP contribution in [-0.4, -0.2) is 38.5 Å². The summed E-state index contributed by atoms with van der Waals surface area (Å²) in [5.41, 5.74) is 1.76. The van der Waals surface area contributed by atoms with Crippen molar-refractivity contribution in [2.24, 2.45) is 0 Å². The monoisotopic (exact) mass is 269 g/mol. The number of sulfone groups is 1. The van der Waals surface area contributed by atoms with Crippen LogP contribution in [0.25, 0.3) is 0 Å². The van der Waals surface area contributed by atoms with Crippen molar-refractivity contribution in [2.45, 2.75) is 36.5 Å². The number of fused-ring (bicyclic) bond motifs is 1. The van der Waals surface area contributed by atoms with E-state index in [-0.39, 0.29) is 19.1 Å². The molecule has 1 heterocycles. The number of aliphatic hydroxyl groups excluding tert-OH is 1. The maximum atomic E-state index is 12.6. The van der Waals surface area contributed by atoms with Gasteiger partial charge in [0.2, 0.25) is 0 Å². The molecule has 18 heavy (non-hydrogen) atoms. The van der Waals surface area contributed by atoms with E-state index in [9.17, 15) is 8.42 Å². The van der Waals surface area contributed by atoms with E-state index in [0.29, 0.717) is 4.90 Å². The first-order valence-corrected chi connectivity index (χ1v) is 7.63. The molecule has 0 aromatic heterocycles. The normalized spacial score (nSPS) is 25.9. The number of hydrogen-bond donors (Lipinski definition) is 1. The average Bonchev–Trinajstić information content (AvgIpc) is 2.32. The number of aryl methyl sites for hydroxylation is 1. The van der Waals surface area contributed by atoms with Gasteiger partial charge in [0.1, 0.15) is 0 Å². The number of para-hydroxylation sites is 1. The number of hydrogen-bond acceptors (Lipinski definition) is 4. The molecule has 5 heteroatoms. The molecule has 0 fully saturated rings. The molecule has 2 unspecified atom stereocenters. The fourth-order valence-electron chi connectivity index (χ4n) is 2.71. The molecule has 2 atom stereocenters. The lowest BCUT2D eigenvalue weighted by Gasteiger charge is -2.40. The van der Waals surface area contributed by atoms with Crippen molar-refractivity contribution in [1.29, 1.82) is 0 Å². The quantitative estimate of drug-likeness (QED) is 0.880. The van der Waals surface area contributed by atoms with Crippen LogP contribution in [0.15, 0.2) is 23.1 Å². The average molecular weight is 269 g/mol. The van der Waals surface area contributed by atoms with Crippen LogP contribution in [0.4, 0.5) is 5.69 Å². The van der Waals surface area contributed by atoms with Gasteiger partial charge in [0.05, 0.1) is 15.8 Å². The molecule has 2 rings (SSSR count). The zero-order valence-corrected chi connectivity index (χ0v) is 11.7. The van der Waals surface area contributed by atoms with E-state index in [1.807, 2.05) is 31.9 Å². The summed E-state index contributed by atoms with van der Waals surface area (Å²) in [5.74, 6) is 0. The molecular weight excluding hydrogens is 250 g/mol. The van der Waals surface area contributed by atoms with Crippen molar-refractivity contribution in [3.05, 3.63) is 23.8 Å². The Kier molecular flexibility index (Phi) is 3.38. The van der Waals surface area contributed by atoms with Gasteiger partial charge in [0.25, 0.3) is 0 Å². The Hall–Kier alpha value is -1.07. The van der Waals surface area contributed by atoms with Crippen molar-refractivity contribution < 1.29 is 13.5 Å². The molecular formula is C13H19NO3S. The van der Waals surface area contributed by atoms with Crippen LogP contribution in [0.2, 0.25) is 0 Å². The van der Waals surface area contributed by atoms with Gasteiger partial charge >= 0.3 is 0 Å². The Bertz CT molecular complexity index is 553. The smallest absolute Gasteiger partial charge is 0.185 e. The Balaban J connectivity index is 2.66. The number of rotatable bonds is 2. The second kappa shape index (κ2) is 4.55. The summed E-state index contributed by atoms with van der Waals surface area (Å²) in [7, 11) is -1.44. The van der Waals surface area contributed by atoms with Gasteiger partial charge in [-0.25, -0.2) is 8.42 Å². The highest BCUT2D eigenvalue weighted by atomic mass is 32.2. The van der Waals surface area contributed by atoms with Crippen molar-refractivity contribution >= 4 is 15.5 Å². The van der Waals surface area contributed by atoms with Crippen LogP contribution in [0, 0.1) is 6.92 Å². The molecule has 1 N–H and O–H groups in total. The van der Waals surface area contributed by atoms with Gasteiger partial charge in [-0.15, -0.1) is 0 Å². The second-order valence-electron chi connectivity index (χ2n) is 4.87. The zero-order chi connectivity index (χ0) is 13.5. The second-order valence-corrected chi connectivity index (χ2v) is 7.00. The van der Waals surface area contributed by atoms with Crippen molar-refractivity contribution in [3.63, 3.8) is 0 Å². The lowest BCUT2D eigenvalue weighted by atomic mass is 10.1. The summed E-state index contributed by atoms with van der Waals surface area (Å²) in [6, 6.07) is 5.22. The Morgan fingerprint density at radius 3 is 2.67 bits per heavy atom. The van der Waals surface area contributed by atoms with Gasteiger partial charge in [-0.2, -0.15) is 0 Å². The van der Waals surface area contributed by atoms with E-state index in [0.717, 1.165) is 11.3 Å². The molecule has 1 aliphatic rings. The predicted molar refractivity (Wildman–Crippen MR) is 71.7 cm³/mol. The first-order valence-electron chi connectivity index (χ1n) is 6.08. The van der Waals surface area contributed by atoms with Gasteiger partial charge in [-0.3, -0.25) is 0 Å². The molecule has 100 valence electrons. The predicted octanol–water partition coefficient (Wildman–Crippen LogP) is 1.36. The molecule has 0 bridgehead atoms. The molecule has 1 aromatic rings. The highest BCUT2D eigenvalue weighted by Crippen LogP contribution is 2.39. The SMILES string of the molecule is Cc1cccc2c1N(C)C(C)C(CCO)S2(=O)=O. The van der Waals surface area contributed by atoms with E-state index in [2.05, 4.69) is 0 Å². The number of benzene rings is 1. The Morgan fingerprint density at radius 2 is 2.06 bits per heavy atom. The molecule has 0 radical (unpaired) electrons. The molecule has 0 saturated heterocycles. The van der Waals surface area contributed by atoms with E-state index in [4.69, 9.17) is 5.11 Å². The lowest BCUT2D eigenvalue weighted by molar-refractivity contribution is 0.280. The first-order chi connectivity index (χ1) is 8.41. The van der Waals surface area contributed by atoms with E-state index in [1.165, 1.54) is 0 Å². The van der Waals surface area contributed by atoms with Crippen LogP contribution < -0.4 is 4.90 Å². The van der Waals surface area contributed by atoms with Crippen molar-refractivity contribution in [2.75, 3.05) is 18.6 Å². The highest BCUT2D eigenvalue weighted by molar-refractivity contribution is 7.92. The molecule has 0 amide bonds. The highest BCUT2D eigenvalue weighted by Gasteiger charge is 2.41. The summed E-state index contributed by atoms with van der Waals surface area (Å²) >= 11 is 0. The van der Waals surface area contributed by atoms with Crippen LogP contribution in [0.3, 0.4) is 0 Å². The minimum atomic E-state index is -3.35. The number of anilines is 1. The van der Waals surface area contributed by atoms with Crippen LogP contribution in [0.5, 0.6) is 0 Å². The number of aliphatic hydroxyl groups is 1. The molecule has 0 aliphatic carbocycles. The van der Waals surface area contributed by atoms with Crippen molar-refractivity contribution in [3.8, 4) is 0 Å². The van der Waals surface area contributed by atoms with Crippen molar-refractivity contribution in [1.82, 2.24) is 0 Å². The van der Waals surface area contributed by atoms with Crippen LogP contribution >= 0.6 is 0 Å². The lowest BCUT2D eigenvalue weighted by Crippen LogP contribution is -2.48. The molecule has 0 spiro atoms. The Labute approximate surface area is 108 Å². The zero-order valence-electron chi connectivity index (χ0n) is 10.9. The third-order valence-corrected chi connectivity index (χ3v) is 6.19. The van der Waals surface area contributed by atoms with Gasteiger partial charge in [0.15, 0.2) is 9.84 Å². The largest absolute Gasteiger partial charge is 0.396 e. The summed E-state index contributed by atoms with van der Waals surface area (Å²) in [5, 5.41) is 8.53. The fourth-order valence-corrected chi connectivity index (χ4v) is 5.00.